The van der Waals surface area contributed by atoms with Crippen molar-refractivity contribution >= 4 is 52.8 Å². The molecule has 0 radical (unpaired) electrons. The maximum absolute atomic E-state index is 13.4. The minimum atomic E-state index is -1.60. The molecule has 1 unspecified atom stereocenters. The molecule has 332 valence electrons. The summed E-state index contributed by atoms with van der Waals surface area (Å²) < 4.78 is 0. The van der Waals surface area contributed by atoms with Crippen molar-refractivity contribution in [3.63, 3.8) is 0 Å². The van der Waals surface area contributed by atoms with Crippen LogP contribution in [0.3, 0.4) is 0 Å². The number of allylic oxidation sites excluding steroid dienone is 11. The van der Waals surface area contributed by atoms with Crippen LogP contribution >= 0.6 is 0 Å². The third-order valence-corrected chi connectivity index (χ3v) is 10.7. The first-order valence-corrected chi connectivity index (χ1v) is 19.8. The van der Waals surface area contributed by atoms with Crippen LogP contribution in [0.5, 0.6) is 0 Å². The average molecular weight is 868 g/mol. The highest BCUT2D eigenvalue weighted by atomic mass is 16.6. The first-order chi connectivity index (χ1) is 29.7. The van der Waals surface area contributed by atoms with Crippen molar-refractivity contribution < 1.29 is 59.1 Å². The third-order valence-electron chi connectivity index (χ3n) is 10.7. The van der Waals surface area contributed by atoms with E-state index in [1.54, 1.807) is 64.2 Å². The van der Waals surface area contributed by atoms with E-state index in [1.807, 2.05) is 6.92 Å². The van der Waals surface area contributed by atoms with E-state index in [-0.39, 0.29) is 25.7 Å². The molecule has 7 N–H and O–H groups in total. The number of nitrogens with one attached hydrogen (secondary N) is 2. The monoisotopic (exact) mass is 867 g/mol. The number of rotatable bonds is 19. The Labute approximate surface area is 362 Å². The van der Waals surface area contributed by atoms with E-state index in [1.165, 1.54) is 6.20 Å². The van der Waals surface area contributed by atoms with Gasteiger partial charge in [0, 0.05) is 35.9 Å². The molecule has 19 heteroatoms. The number of hydrogen-bond acceptors (Lipinski definition) is 13. The second-order valence-corrected chi connectivity index (χ2v) is 15.1. The normalized spacial score (nSPS) is 19.2. The summed E-state index contributed by atoms with van der Waals surface area (Å²) in [5.74, 6) is -6.97. The molecule has 19 nitrogen and oxygen atoms in total. The minimum Gasteiger partial charge on any atom is -0.480 e. The SMILES string of the molecule is C=CC1=C(C)C2=CC3=NC(=CC4=NC(=CC5=C(/C=C/NOCC)C(C)(O)C(=CC1=N2)N5)C(C)=C4CCC(=O)N(CC(=O)O)CC(=O)O)C(CCC(=O)N(CC(=O)O)CC(=O)O)=C3C. The van der Waals surface area contributed by atoms with Crippen molar-refractivity contribution in [2.75, 3.05) is 32.8 Å². The van der Waals surface area contributed by atoms with E-state index in [2.05, 4.69) is 17.4 Å². The van der Waals surface area contributed by atoms with Crippen molar-refractivity contribution in [1.82, 2.24) is 20.6 Å². The van der Waals surface area contributed by atoms with Crippen LogP contribution in [-0.4, -0.2) is 127 Å². The van der Waals surface area contributed by atoms with Gasteiger partial charge in [-0.15, -0.1) is 0 Å². The van der Waals surface area contributed by atoms with Crippen LogP contribution in [0, 0.1) is 0 Å². The fourth-order valence-corrected chi connectivity index (χ4v) is 7.48. The molecular weight excluding hydrogens is 819 g/mol. The van der Waals surface area contributed by atoms with Gasteiger partial charge in [0.25, 0.3) is 0 Å². The summed E-state index contributed by atoms with van der Waals surface area (Å²) in [7, 11) is 0. The van der Waals surface area contributed by atoms with Crippen molar-refractivity contribution in [1.29, 1.82) is 0 Å². The summed E-state index contributed by atoms with van der Waals surface area (Å²) in [6.07, 6.45) is 11.1. The van der Waals surface area contributed by atoms with E-state index in [9.17, 15) is 54.3 Å². The van der Waals surface area contributed by atoms with Crippen LogP contribution in [0.4, 0.5) is 0 Å². The number of aliphatic imine (C=N–C) groups is 3. The zero-order chi connectivity index (χ0) is 46.3. The molecule has 5 rings (SSSR count). The van der Waals surface area contributed by atoms with E-state index in [0.717, 1.165) is 15.4 Å². The Morgan fingerprint density at radius 1 is 0.730 bits per heavy atom. The molecule has 0 aliphatic carbocycles. The maximum Gasteiger partial charge on any atom is 0.323 e. The summed E-state index contributed by atoms with van der Waals surface area (Å²) in [4.78, 5) is 94.4. The van der Waals surface area contributed by atoms with Gasteiger partial charge in [-0.25, -0.2) is 15.0 Å². The van der Waals surface area contributed by atoms with Gasteiger partial charge in [-0.05, 0) is 106 Å². The highest BCUT2D eigenvalue weighted by Crippen LogP contribution is 2.40. The lowest BCUT2D eigenvalue weighted by Crippen LogP contribution is -2.39. The number of carboxylic acid groups (broad SMARTS) is 4. The predicted octanol–water partition coefficient (Wildman–Crippen LogP) is 3.25. The van der Waals surface area contributed by atoms with Gasteiger partial charge in [0.1, 0.15) is 31.8 Å². The fraction of sp³-hybridized carbons (Fsp3) is 0.341. The minimum absolute atomic E-state index is 0.0112. The lowest BCUT2D eigenvalue weighted by molar-refractivity contribution is -0.149. The Kier molecular flexibility index (Phi) is 14.6. The number of carbonyl (C=O) groups excluding carboxylic acids is 2. The Hall–Kier alpha value is -7.25. The molecular formula is C44H49N7O12. The molecule has 0 saturated carbocycles. The van der Waals surface area contributed by atoms with Crippen LogP contribution in [0.25, 0.3) is 0 Å². The van der Waals surface area contributed by atoms with Crippen LogP contribution < -0.4 is 10.8 Å². The zero-order valence-corrected chi connectivity index (χ0v) is 35.4. The van der Waals surface area contributed by atoms with Crippen molar-refractivity contribution in [2.45, 2.75) is 65.9 Å². The van der Waals surface area contributed by atoms with Crippen LogP contribution in [0.1, 0.15) is 60.3 Å². The Morgan fingerprint density at radius 3 is 1.78 bits per heavy atom. The molecule has 8 bridgehead atoms. The summed E-state index contributed by atoms with van der Waals surface area (Å²) >= 11 is 0. The zero-order valence-electron chi connectivity index (χ0n) is 35.4. The van der Waals surface area contributed by atoms with Gasteiger partial charge in [-0.2, -0.15) is 0 Å². The third kappa shape index (κ3) is 10.8. The highest BCUT2D eigenvalue weighted by Gasteiger charge is 2.39. The molecule has 63 heavy (non-hydrogen) atoms. The number of carboxylic acids is 4. The fourth-order valence-electron chi connectivity index (χ4n) is 7.48. The molecule has 0 saturated heterocycles. The van der Waals surface area contributed by atoms with Gasteiger partial charge in [0.05, 0.1) is 46.5 Å². The van der Waals surface area contributed by atoms with Gasteiger partial charge in [0.15, 0.2) is 0 Å². The smallest absolute Gasteiger partial charge is 0.323 e. The first-order valence-electron chi connectivity index (χ1n) is 19.8. The quantitative estimate of drug-likeness (QED) is 0.0725. The molecule has 1 atom stereocenters. The van der Waals surface area contributed by atoms with Gasteiger partial charge in [-0.3, -0.25) is 39.1 Å². The van der Waals surface area contributed by atoms with Crippen LogP contribution in [0.15, 0.2) is 132 Å². The number of fused-ring (bicyclic) bond motifs is 5. The summed E-state index contributed by atoms with van der Waals surface area (Å²) in [6.45, 7) is 9.92. The van der Waals surface area contributed by atoms with Gasteiger partial charge >= 0.3 is 23.9 Å². The highest BCUT2D eigenvalue weighted by molar-refractivity contribution is 6.18. The number of hydrogen-bond donors (Lipinski definition) is 7. The Balaban J connectivity index is 1.71. The number of amides is 2. The lowest BCUT2D eigenvalue weighted by Gasteiger charge is -2.21. The molecule has 0 spiro atoms. The second kappa shape index (κ2) is 19.6. The molecule has 2 amide bonds. The van der Waals surface area contributed by atoms with Crippen LogP contribution in [-0.2, 0) is 33.6 Å². The second-order valence-electron chi connectivity index (χ2n) is 15.1. The van der Waals surface area contributed by atoms with E-state index >= 15 is 0 Å². The molecule has 0 aromatic carbocycles. The van der Waals surface area contributed by atoms with Gasteiger partial charge in [0.2, 0.25) is 11.8 Å². The number of hydroxylamine groups is 1. The number of aliphatic hydroxyl groups is 1. The predicted molar refractivity (Wildman–Crippen MR) is 230 cm³/mol. The van der Waals surface area contributed by atoms with E-state index in [4.69, 9.17) is 19.8 Å². The van der Waals surface area contributed by atoms with Crippen LogP contribution in [0.2, 0.25) is 0 Å². The number of nitrogens with zero attached hydrogens (tertiary/aromatic N) is 5. The van der Waals surface area contributed by atoms with Crippen molar-refractivity contribution in [3.8, 4) is 0 Å². The molecule has 0 fully saturated rings. The number of aliphatic carboxylic acids is 4. The maximum atomic E-state index is 13.4. The number of carbonyl (C=O) groups is 6. The largest absolute Gasteiger partial charge is 0.480 e. The standard InChI is InChI=1S/C44H49N7O12/c1-7-26-23(3)30-15-31-24(4)27(9-11-38(52)50(19-40(54)55)20-41(56)57)33(46-31)17-34-28(10-12-39(53)51(21-42(58)59)22-43(60)61)25(5)32(47-34)16-36-29(13-14-45-63-8-2)44(6,62)37(49-36)18-35(26)48-30/h7,13-18,45,49,62H,1,8-12,19-22H2,2-6H3,(H,54,55)(H,56,57)(H,58,59)(H,60,61)/b14-13+,30-15?,32-16?,33-17?,37-18?. The first kappa shape index (κ1) is 46.8. The molecule has 0 aromatic rings. The van der Waals surface area contributed by atoms with Gasteiger partial charge in [-0.1, -0.05) is 12.7 Å². The summed E-state index contributed by atoms with van der Waals surface area (Å²) in [5.41, 5.74) is 8.76. The lowest BCUT2D eigenvalue weighted by atomic mass is 9.92. The van der Waals surface area contributed by atoms with Crippen molar-refractivity contribution in [3.05, 3.63) is 117 Å². The molecule has 5 aliphatic rings. The van der Waals surface area contributed by atoms with Gasteiger partial charge < -0.3 is 40.6 Å². The summed E-state index contributed by atoms with van der Waals surface area (Å²) in [5, 5.41) is 53.0. The van der Waals surface area contributed by atoms with E-state index in [0.29, 0.717) is 85.7 Å². The molecule has 5 heterocycles. The topological polar surface area (TPSA) is 280 Å². The van der Waals surface area contributed by atoms with Crippen molar-refractivity contribution in [2.24, 2.45) is 15.0 Å². The molecule has 0 aromatic heterocycles. The Morgan fingerprint density at radius 2 is 1.24 bits per heavy atom. The molecule has 5 aliphatic heterocycles. The average Bonchev–Trinajstić information content (AvgIpc) is 3.84. The summed E-state index contributed by atoms with van der Waals surface area (Å²) in [6, 6.07) is 0. The Bertz CT molecular complexity index is 2420. The van der Waals surface area contributed by atoms with E-state index < -0.39 is 67.5 Å².